The number of hydrogen-bond donors (Lipinski definition) is 6. The van der Waals surface area contributed by atoms with Gasteiger partial charge in [-0.25, -0.2) is 14.8 Å². The Bertz CT molecular complexity index is 4330. The number of hydrogen-bond acceptors (Lipinski definition) is 15. The number of thiophene rings is 3. The number of fused-ring (bicyclic) bond motifs is 7. The van der Waals surface area contributed by atoms with Crippen molar-refractivity contribution in [3.05, 3.63) is 176 Å². The second-order valence-electron chi connectivity index (χ2n) is 23.7. The molecule has 0 saturated carbocycles. The summed E-state index contributed by atoms with van der Waals surface area (Å²) in [5, 5.41) is 53.7. The standard InChI is InChI=1S/C65H69Cl3N16O3S3/c1-13-15-48(85)73-64(11)60-80-78-38(8)83(60)57-51(54(75-64)41-19-25-44(67)26-20-41)34(4)46(89-57)16-14-29-71-62(87)77-65(12)61-81-79-39(9)84(61)58-52(55(76-65)42-21-27-45(68)28-22-42)35(5)47(90-58)30-32(2)72-49(86)31-63(10)59(70)82(37(7)69)56-50(33(3)36(6)88-56)53(74-63)40-17-23-43(66)24-18-40/h17-28,32,69-70H,13-16,29-31H2,1-12H3,(H,72,86)(H,73,85)(H2,71,77,87). The van der Waals surface area contributed by atoms with Crippen LogP contribution < -0.4 is 26.2 Å². The van der Waals surface area contributed by atoms with Crippen molar-refractivity contribution >= 4 is 120 Å². The molecule has 4 amide bonds. The lowest BCUT2D eigenvalue weighted by atomic mass is 9.94. The molecule has 6 N–H and O–H groups in total. The molecule has 0 spiro atoms. The molecule has 11 rings (SSSR count). The van der Waals surface area contributed by atoms with E-state index < -0.39 is 22.9 Å². The number of anilines is 1. The monoisotopic (exact) mass is 1320 g/mol. The average molecular weight is 1320 g/mol. The van der Waals surface area contributed by atoms with Crippen molar-refractivity contribution in [2.45, 2.75) is 145 Å². The Kier molecular flexibility index (Phi) is 17.6. The van der Waals surface area contributed by atoms with Crippen LogP contribution in [-0.2, 0) is 33.8 Å². The molecule has 3 aliphatic rings. The topological polar surface area (TPSA) is 249 Å². The van der Waals surface area contributed by atoms with Crippen molar-refractivity contribution in [3.8, 4) is 10.0 Å². The third kappa shape index (κ3) is 11.9. The summed E-state index contributed by atoms with van der Waals surface area (Å²) in [6, 6.07) is 21.5. The first-order valence-electron chi connectivity index (χ1n) is 29.6. The van der Waals surface area contributed by atoms with Crippen molar-refractivity contribution in [1.82, 2.24) is 50.8 Å². The number of benzene rings is 3. The van der Waals surface area contributed by atoms with E-state index in [9.17, 15) is 19.8 Å². The lowest BCUT2D eigenvalue weighted by Gasteiger charge is -2.32. The van der Waals surface area contributed by atoms with E-state index in [0.29, 0.717) is 99.2 Å². The maximum absolute atomic E-state index is 14.5. The summed E-state index contributed by atoms with van der Waals surface area (Å²) in [5.41, 5.74) is 5.77. The van der Waals surface area contributed by atoms with Crippen LogP contribution in [0.1, 0.15) is 155 Å². The molecule has 4 atom stereocenters. The molecule has 0 fully saturated rings. The van der Waals surface area contributed by atoms with Gasteiger partial charge in [0.15, 0.2) is 23.0 Å². The van der Waals surface area contributed by atoms with Gasteiger partial charge in [-0.1, -0.05) is 78.1 Å². The maximum Gasteiger partial charge on any atom is 0.317 e. The largest absolute Gasteiger partial charge is 0.353 e. The van der Waals surface area contributed by atoms with Crippen LogP contribution in [0, 0.1) is 52.4 Å². The van der Waals surface area contributed by atoms with Crippen molar-refractivity contribution in [2.24, 2.45) is 15.0 Å². The van der Waals surface area contributed by atoms with Crippen LogP contribution in [0.3, 0.4) is 0 Å². The SMILES string of the molecule is CCCC(=O)NC1(C)N=C(c2ccc(Cl)cc2)c2c(sc(CCCNC(=O)NC3(C)N=C(c4ccc(Cl)cc4)c4c(sc(CC(C)NC(=O)CC5(C)N=C(c6ccc(Cl)cc6)c6c(sc(C)c6C)N(C(C)=N)C5=N)c4C)-n4c(C)nnc43)c2C)-n2c(C)nnc21. The molecule has 8 aromatic rings. The maximum atomic E-state index is 14.5. The zero-order chi connectivity index (χ0) is 64.5. The molecule has 3 aromatic carbocycles. The third-order valence-corrected chi connectivity index (χ3v) is 21.2. The molecule has 0 radical (unpaired) electrons. The number of carbonyl (C=O) groups excluding carboxylic acids is 3. The van der Waals surface area contributed by atoms with Gasteiger partial charge >= 0.3 is 6.03 Å². The summed E-state index contributed by atoms with van der Waals surface area (Å²) in [4.78, 5) is 62.9. The molecule has 5 aromatic heterocycles. The lowest BCUT2D eigenvalue weighted by molar-refractivity contribution is -0.123. The molecule has 0 aliphatic carbocycles. The zero-order valence-electron chi connectivity index (χ0n) is 52.0. The van der Waals surface area contributed by atoms with Crippen molar-refractivity contribution in [1.29, 1.82) is 10.8 Å². The van der Waals surface area contributed by atoms with Crippen LogP contribution in [0.4, 0.5) is 9.80 Å². The Balaban J connectivity index is 0.840. The minimum Gasteiger partial charge on any atom is -0.353 e. The molecule has 0 saturated heterocycles. The highest BCUT2D eigenvalue weighted by atomic mass is 35.5. The number of aryl methyl sites for hydroxylation is 4. The minimum atomic E-state index is -1.43. The predicted molar refractivity (Wildman–Crippen MR) is 363 cm³/mol. The summed E-state index contributed by atoms with van der Waals surface area (Å²) in [7, 11) is 0. The lowest BCUT2D eigenvalue weighted by Crippen LogP contribution is -2.50. The summed E-state index contributed by atoms with van der Waals surface area (Å²) >= 11 is 23.9. The van der Waals surface area contributed by atoms with Crippen LogP contribution in [0.2, 0.25) is 15.1 Å². The number of nitrogens with zero attached hydrogens (tertiary/aromatic N) is 10. The Morgan fingerprint density at radius 3 is 1.59 bits per heavy atom. The van der Waals surface area contributed by atoms with Gasteiger partial charge in [0.2, 0.25) is 11.8 Å². The number of halogens is 3. The minimum absolute atomic E-state index is 0.0264. The smallest absolute Gasteiger partial charge is 0.317 e. The van der Waals surface area contributed by atoms with Crippen molar-refractivity contribution < 1.29 is 14.4 Å². The first-order chi connectivity index (χ1) is 42.7. The fourth-order valence-corrected chi connectivity index (χ4v) is 16.4. The number of amidine groups is 2. The summed E-state index contributed by atoms with van der Waals surface area (Å²) in [6.45, 7) is 23.3. The first-order valence-corrected chi connectivity index (χ1v) is 33.2. The molecule has 8 heterocycles. The van der Waals surface area contributed by atoms with Gasteiger partial charge in [0.25, 0.3) is 0 Å². The van der Waals surface area contributed by atoms with Gasteiger partial charge in [0.05, 0.1) is 23.6 Å². The van der Waals surface area contributed by atoms with Gasteiger partial charge in [-0.2, -0.15) is 0 Å². The molecule has 3 aliphatic heterocycles. The van der Waals surface area contributed by atoms with Gasteiger partial charge in [0, 0.05) is 88.5 Å². The normalized spacial score (nSPS) is 18.7. The Morgan fingerprint density at radius 2 is 1.09 bits per heavy atom. The quantitative estimate of drug-likeness (QED) is 0.0308. The molecule has 90 heavy (non-hydrogen) atoms. The van der Waals surface area contributed by atoms with E-state index in [1.165, 1.54) is 11.3 Å². The molecule has 25 heteroatoms. The second kappa shape index (κ2) is 24.8. The van der Waals surface area contributed by atoms with Crippen LogP contribution in [-0.4, -0.2) is 94.3 Å². The van der Waals surface area contributed by atoms with Gasteiger partial charge in [0.1, 0.15) is 43.9 Å². The number of rotatable bonds is 16. The van der Waals surface area contributed by atoms with E-state index >= 15 is 0 Å². The van der Waals surface area contributed by atoms with Gasteiger partial charge in [-0.3, -0.25) is 39.4 Å². The molecule has 19 nitrogen and oxygen atoms in total. The Morgan fingerprint density at radius 1 is 0.622 bits per heavy atom. The number of urea groups is 1. The highest BCUT2D eigenvalue weighted by Gasteiger charge is 2.45. The third-order valence-electron chi connectivity index (χ3n) is 16.6. The molecule has 0 bridgehead atoms. The number of aliphatic imine (C=N–C) groups is 3. The average Bonchev–Trinajstić information content (AvgIpc) is 1.59. The van der Waals surface area contributed by atoms with Crippen LogP contribution >= 0.6 is 68.8 Å². The first kappa shape index (κ1) is 63.8. The summed E-state index contributed by atoms with van der Waals surface area (Å²) in [6.07, 6.45) is 2.50. The number of aromatic nitrogens is 6. The highest BCUT2D eigenvalue weighted by molar-refractivity contribution is 7.17. The van der Waals surface area contributed by atoms with E-state index in [1.54, 1.807) is 53.6 Å². The van der Waals surface area contributed by atoms with Gasteiger partial charge in [-0.05, 0) is 149 Å². The molecular weight excluding hydrogens is 1260 g/mol. The molecular formula is C65H69Cl3N16O3S3. The van der Waals surface area contributed by atoms with Crippen LogP contribution in [0.25, 0.3) is 10.0 Å². The Hall–Kier alpha value is -7.73. The van der Waals surface area contributed by atoms with E-state index in [4.69, 9.17) is 60.3 Å². The van der Waals surface area contributed by atoms with E-state index in [-0.39, 0.29) is 35.9 Å². The number of nitrogens with one attached hydrogen (secondary N) is 6. The summed E-state index contributed by atoms with van der Waals surface area (Å²) < 4.78 is 3.95. The van der Waals surface area contributed by atoms with Crippen molar-refractivity contribution in [2.75, 3.05) is 11.4 Å². The molecule has 466 valence electrons. The van der Waals surface area contributed by atoms with E-state index in [1.807, 2.05) is 132 Å². The molecule has 4 unspecified atom stereocenters. The van der Waals surface area contributed by atoms with Crippen molar-refractivity contribution in [3.63, 3.8) is 0 Å². The highest BCUT2D eigenvalue weighted by Crippen LogP contribution is 2.45. The Labute approximate surface area is 549 Å². The summed E-state index contributed by atoms with van der Waals surface area (Å²) in [5.74, 6) is 1.86. The number of carbonyl (C=O) groups is 3. The van der Waals surface area contributed by atoms with Crippen LogP contribution in [0.5, 0.6) is 0 Å². The fraction of sp³-hybridized carbons (Fsp3) is 0.354. The van der Waals surface area contributed by atoms with Gasteiger partial charge in [-0.15, -0.1) is 54.4 Å². The predicted octanol–water partition coefficient (Wildman–Crippen LogP) is 13.3. The van der Waals surface area contributed by atoms with Gasteiger partial charge < -0.3 is 21.3 Å². The zero-order valence-corrected chi connectivity index (χ0v) is 56.7. The second-order valence-corrected chi connectivity index (χ2v) is 28.3. The van der Waals surface area contributed by atoms with E-state index in [2.05, 4.69) is 43.5 Å². The van der Waals surface area contributed by atoms with Crippen LogP contribution in [0.15, 0.2) is 87.8 Å². The number of amides is 4. The van der Waals surface area contributed by atoms with E-state index in [0.717, 1.165) is 74.7 Å². The fourth-order valence-electron chi connectivity index (χ4n) is 11.9.